The first-order valence-corrected chi connectivity index (χ1v) is 12.8. The summed E-state index contributed by atoms with van der Waals surface area (Å²) in [5.74, 6) is 0.612. The molecule has 0 spiro atoms. The van der Waals surface area contributed by atoms with E-state index in [0.29, 0.717) is 13.0 Å². The molecule has 31 heavy (non-hydrogen) atoms. The Morgan fingerprint density at radius 2 is 1.71 bits per heavy atom. The van der Waals surface area contributed by atoms with E-state index in [2.05, 4.69) is 0 Å². The monoisotopic (exact) mass is 443 g/mol. The van der Waals surface area contributed by atoms with Crippen molar-refractivity contribution in [1.29, 1.82) is 0 Å². The molecule has 2 aromatic carbocycles. The fraction of sp³-hybridized carbons (Fsp3) is 0.480. The molecule has 6 heteroatoms. The van der Waals surface area contributed by atoms with Gasteiger partial charge in [-0.1, -0.05) is 61.4 Å². The standard InChI is InChI=1S/C25H33NO4S/c1-20(18-22-12-6-9-15-24(22)30-2)26(19-21-10-4-3-5-11-21)25(27)16-17-31(28,29)23-13-7-8-14-23/h3-6,9-12,15,20,23H,7-8,13-14,16-19H2,1-2H3. The summed E-state index contributed by atoms with van der Waals surface area (Å²) in [4.78, 5) is 15.0. The van der Waals surface area contributed by atoms with Gasteiger partial charge < -0.3 is 9.64 Å². The lowest BCUT2D eigenvalue weighted by Crippen LogP contribution is -2.40. The molecule has 1 fully saturated rings. The summed E-state index contributed by atoms with van der Waals surface area (Å²) in [6.07, 6.45) is 4.06. The van der Waals surface area contributed by atoms with Crippen molar-refractivity contribution in [3.8, 4) is 5.75 Å². The molecule has 0 heterocycles. The van der Waals surface area contributed by atoms with Crippen molar-refractivity contribution in [1.82, 2.24) is 4.90 Å². The minimum Gasteiger partial charge on any atom is -0.496 e. The SMILES string of the molecule is COc1ccccc1CC(C)N(Cc1ccccc1)C(=O)CCS(=O)(=O)C1CCCC1. The number of ether oxygens (including phenoxy) is 1. The van der Waals surface area contributed by atoms with E-state index in [-0.39, 0.29) is 29.4 Å². The van der Waals surface area contributed by atoms with Crippen molar-refractivity contribution in [2.24, 2.45) is 0 Å². The summed E-state index contributed by atoms with van der Waals surface area (Å²) in [6, 6.07) is 17.5. The Hall–Kier alpha value is -2.34. The van der Waals surface area contributed by atoms with E-state index in [1.807, 2.05) is 66.4 Å². The van der Waals surface area contributed by atoms with Crippen LogP contribution in [0.25, 0.3) is 0 Å². The van der Waals surface area contributed by atoms with Crippen LogP contribution >= 0.6 is 0 Å². The van der Waals surface area contributed by atoms with E-state index in [4.69, 9.17) is 4.74 Å². The smallest absolute Gasteiger partial charge is 0.224 e. The summed E-state index contributed by atoms with van der Waals surface area (Å²) >= 11 is 0. The summed E-state index contributed by atoms with van der Waals surface area (Å²) < 4.78 is 30.8. The number of carbonyl (C=O) groups excluding carboxylic acids is 1. The van der Waals surface area contributed by atoms with E-state index in [9.17, 15) is 13.2 Å². The van der Waals surface area contributed by atoms with Gasteiger partial charge in [-0.25, -0.2) is 8.42 Å². The van der Waals surface area contributed by atoms with Crippen LogP contribution in [0, 0.1) is 0 Å². The Morgan fingerprint density at radius 1 is 1.06 bits per heavy atom. The van der Waals surface area contributed by atoms with E-state index in [1.54, 1.807) is 7.11 Å². The van der Waals surface area contributed by atoms with E-state index in [0.717, 1.165) is 42.6 Å². The fourth-order valence-electron chi connectivity index (χ4n) is 4.36. The normalized spacial score (nSPS) is 15.5. The summed E-state index contributed by atoms with van der Waals surface area (Å²) in [5, 5.41) is -0.270. The molecular weight excluding hydrogens is 410 g/mol. The van der Waals surface area contributed by atoms with E-state index >= 15 is 0 Å². The number of para-hydroxylation sites is 1. The molecule has 3 rings (SSSR count). The Balaban J connectivity index is 1.74. The molecule has 168 valence electrons. The van der Waals surface area contributed by atoms with Crippen molar-refractivity contribution in [3.63, 3.8) is 0 Å². The highest BCUT2D eigenvalue weighted by Crippen LogP contribution is 2.26. The van der Waals surface area contributed by atoms with Crippen LogP contribution in [0.4, 0.5) is 0 Å². The number of sulfone groups is 1. The van der Waals surface area contributed by atoms with Gasteiger partial charge >= 0.3 is 0 Å². The molecule has 0 aliphatic heterocycles. The maximum absolute atomic E-state index is 13.2. The topological polar surface area (TPSA) is 63.7 Å². The van der Waals surface area contributed by atoms with E-state index in [1.165, 1.54) is 0 Å². The molecule has 5 nitrogen and oxygen atoms in total. The van der Waals surface area contributed by atoms with Gasteiger partial charge in [0.2, 0.25) is 5.91 Å². The third-order valence-electron chi connectivity index (χ3n) is 6.17. The van der Waals surface area contributed by atoms with Crippen LogP contribution in [0.2, 0.25) is 0 Å². The molecule has 0 aromatic heterocycles. The van der Waals surface area contributed by atoms with Crippen LogP contribution in [0.5, 0.6) is 5.75 Å². The molecule has 0 N–H and O–H groups in total. The predicted molar refractivity (Wildman–Crippen MR) is 124 cm³/mol. The number of rotatable bonds is 10. The van der Waals surface area contributed by atoms with Gasteiger partial charge in [0, 0.05) is 19.0 Å². The molecule has 0 saturated heterocycles. The fourth-order valence-corrected chi connectivity index (χ4v) is 6.20. The number of methoxy groups -OCH3 is 1. The molecule has 1 saturated carbocycles. The van der Waals surface area contributed by atoms with Crippen LogP contribution in [0.3, 0.4) is 0 Å². The number of carbonyl (C=O) groups is 1. The third kappa shape index (κ3) is 6.33. The number of amides is 1. The van der Waals surface area contributed by atoms with Gasteiger partial charge in [-0.15, -0.1) is 0 Å². The minimum atomic E-state index is -3.22. The van der Waals surface area contributed by atoms with Crippen LogP contribution in [-0.4, -0.2) is 43.4 Å². The number of benzene rings is 2. The van der Waals surface area contributed by atoms with Crippen LogP contribution in [-0.2, 0) is 27.6 Å². The quantitative estimate of drug-likeness (QED) is 0.546. The zero-order chi connectivity index (χ0) is 22.3. The van der Waals surface area contributed by atoms with Gasteiger partial charge in [0.15, 0.2) is 9.84 Å². The first-order valence-electron chi connectivity index (χ1n) is 11.1. The largest absolute Gasteiger partial charge is 0.496 e. The van der Waals surface area contributed by atoms with Crippen molar-refractivity contribution in [3.05, 3.63) is 65.7 Å². The Labute approximate surface area is 186 Å². The molecular formula is C25H33NO4S. The molecule has 0 bridgehead atoms. The molecule has 1 aliphatic rings. The molecule has 1 atom stereocenters. The lowest BCUT2D eigenvalue weighted by molar-refractivity contribution is -0.133. The van der Waals surface area contributed by atoms with Crippen molar-refractivity contribution in [2.45, 2.75) is 63.3 Å². The Kier molecular flexibility index (Phi) is 8.13. The number of nitrogens with zero attached hydrogens (tertiary/aromatic N) is 1. The molecule has 2 aromatic rings. The van der Waals surface area contributed by atoms with Gasteiger partial charge in [-0.2, -0.15) is 0 Å². The van der Waals surface area contributed by atoms with Gasteiger partial charge in [0.1, 0.15) is 5.75 Å². The average Bonchev–Trinajstić information content (AvgIpc) is 3.33. The predicted octanol–water partition coefficient (Wildman–Crippen LogP) is 4.40. The molecule has 1 unspecified atom stereocenters. The van der Waals surface area contributed by atoms with Crippen molar-refractivity contribution >= 4 is 15.7 Å². The van der Waals surface area contributed by atoms with Crippen molar-refractivity contribution in [2.75, 3.05) is 12.9 Å². The van der Waals surface area contributed by atoms with Gasteiger partial charge in [-0.05, 0) is 43.4 Å². The number of hydrogen-bond donors (Lipinski definition) is 0. The summed E-state index contributed by atoms with van der Waals surface area (Å²) in [6.45, 7) is 2.47. The average molecular weight is 444 g/mol. The molecule has 0 radical (unpaired) electrons. The van der Waals surface area contributed by atoms with E-state index < -0.39 is 9.84 Å². The lowest BCUT2D eigenvalue weighted by Gasteiger charge is -2.30. The van der Waals surface area contributed by atoms with Gasteiger partial charge in [-0.3, -0.25) is 4.79 Å². The van der Waals surface area contributed by atoms with Gasteiger partial charge in [0.25, 0.3) is 0 Å². The zero-order valence-electron chi connectivity index (χ0n) is 18.5. The second kappa shape index (κ2) is 10.8. The first-order chi connectivity index (χ1) is 14.9. The highest BCUT2D eigenvalue weighted by Gasteiger charge is 2.30. The lowest BCUT2D eigenvalue weighted by atomic mass is 10.0. The summed E-state index contributed by atoms with van der Waals surface area (Å²) in [7, 11) is -1.58. The maximum atomic E-state index is 13.2. The van der Waals surface area contributed by atoms with Crippen molar-refractivity contribution < 1.29 is 17.9 Å². The summed E-state index contributed by atoms with van der Waals surface area (Å²) in [5.41, 5.74) is 2.06. The van der Waals surface area contributed by atoms with Crippen LogP contribution in [0.15, 0.2) is 54.6 Å². The second-order valence-electron chi connectivity index (χ2n) is 8.40. The zero-order valence-corrected chi connectivity index (χ0v) is 19.3. The van der Waals surface area contributed by atoms with Crippen LogP contribution in [0.1, 0.15) is 50.2 Å². The second-order valence-corrected chi connectivity index (χ2v) is 10.8. The van der Waals surface area contributed by atoms with Crippen LogP contribution < -0.4 is 4.74 Å². The molecule has 1 aliphatic carbocycles. The highest BCUT2D eigenvalue weighted by atomic mass is 32.2. The Bertz CT molecular complexity index is 952. The first kappa shape index (κ1) is 23.3. The van der Waals surface area contributed by atoms with Gasteiger partial charge in [0.05, 0.1) is 18.1 Å². The molecule has 1 amide bonds. The Morgan fingerprint density at radius 3 is 2.39 bits per heavy atom. The minimum absolute atomic E-state index is 0.0297. The maximum Gasteiger partial charge on any atom is 0.224 e. The number of hydrogen-bond acceptors (Lipinski definition) is 4. The third-order valence-corrected chi connectivity index (χ3v) is 8.43. The highest BCUT2D eigenvalue weighted by molar-refractivity contribution is 7.92.